The van der Waals surface area contributed by atoms with E-state index in [-0.39, 0.29) is 44.7 Å². The number of carbonyl (C=O) groups excluding carboxylic acids is 3. The number of anilines is 3. The predicted octanol–water partition coefficient (Wildman–Crippen LogP) is 2.73. The summed E-state index contributed by atoms with van der Waals surface area (Å²) in [5.41, 5.74) is 1.62. The summed E-state index contributed by atoms with van der Waals surface area (Å²) < 4.78 is 71.4. The summed E-state index contributed by atoms with van der Waals surface area (Å²) >= 11 is 0. The summed E-state index contributed by atoms with van der Waals surface area (Å²) in [7, 11) is 1.64. The molecule has 19 nitrogen and oxygen atoms in total. The second-order valence-electron chi connectivity index (χ2n) is 13.1. The molecule has 336 valence electrons. The second-order valence-corrected chi connectivity index (χ2v) is 13.1. The van der Waals surface area contributed by atoms with Crippen molar-refractivity contribution < 1.29 is 76.0 Å². The molecule has 0 aromatic heterocycles. The number of nitrogens with zero attached hydrogens (tertiary/aromatic N) is 2. The van der Waals surface area contributed by atoms with Crippen molar-refractivity contribution in [3.63, 3.8) is 0 Å². The van der Waals surface area contributed by atoms with Crippen molar-refractivity contribution in [2.45, 2.75) is 13.0 Å². The van der Waals surface area contributed by atoms with Gasteiger partial charge in [0.05, 0.1) is 162 Å². The molecule has 19 heteroatoms. The van der Waals surface area contributed by atoms with Crippen molar-refractivity contribution >= 4 is 35.0 Å². The number of para-hydroxylation sites is 2. The smallest absolute Gasteiger partial charge is 0.414 e. The van der Waals surface area contributed by atoms with E-state index in [1.165, 1.54) is 11.8 Å². The zero-order chi connectivity index (χ0) is 42.5. The van der Waals surface area contributed by atoms with Gasteiger partial charge in [-0.05, 0) is 24.3 Å². The fourth-order valence-corrected chi connectivity index (χ4v) is 5.62. The van der Waals surface area contributed by atoms with Crippen LogP contribution in [0.2, 0.25) is 0 Å². The largest absolute Gasteiger partial charge is 0.453 e. The van der Waals surface area contributed by atoms with Gasteiger partial charge in [-0.15, -0.1) is 0 Å². The molecule has 1 saturated heterocycles. The molecular weight excluding hydrogens is 790 g/mol. The fourth-order valence-electron chi connectivity index (χ4n) is 5.62. The van der Waals surface area contributed by atoms with Crippen LogP contribution in [0.25, 0.3) is 0 Å². The molecule has 2 aliphatic heterocycles. The molecule has 1 atom stereocenters. The Balaban J connectivity index is 0.941. The van der Waals surface area contributed by atoms with Crippen molar-refractivity contribution in [2.24, 2.45) is 0 Å². The summed E-state index contributed by atoms with van der Waals surface area (Å²) in [6, 6.07) is 12.3. The summed E-state index contributed by atoms with van der Waals surface area (Å²) in [6.07, 6.45) is -1.02. The standard InChI is InChI=1S/C41H61N3O16/c1-33(45)42-30-35-31-43(41(47)59-35)34-7-8-37-39(29-34)60-38-6-4-3-5-36(38)44(37)40(46)32-58-28-27-57-26-25-56-24-23-55-22-21-54-20-19-53-18-17-52-16-15-51-14-13-50-12-11-49-10-9-48-2/h3-8,29,35H,9-28,30-32H2,1-2H3,(H,42,45)/t35-/m0/s1. The van der Waals surface area contributed by atoms with Gasteiger partial charge in [0.1, 0.15) is 12.7 Å². The number of benzene rings is 2. The van der Waals surface area contributed by atoms with E-state index >= 15 is 0 Å². The third kappa shape index (κ3) is 18.7. The first-order valence-corrected chi connectivity index (χ1v) is 20.2. The first-order chi connectivity index (χ1) is 29.5. The van der Waals surface area contributed by atoms with Gasteiger partial charge in [0.25, 0.3) is 5.91 Å². The molecule has 4 rings (SSSR count). The van der Waals surface area contributed by atoms with Gasteiger partial charge in [0.15, 0.2) is 11.5 Å². The Morgan fingerprint density at radius 2 is 1.07 bits per heavy atom. The second kappa shape index (κ2) is 30.1. The molecule has 0 unspecified atom stereocenters. The van der Waals surface area contributed by atoms with Crippen LogP contribution in [0, 0.1) is 0 Å². The van der Waals surface area contributed by atoms with Crippen molar-refractivity contribution in [1.82, 2.24) is 5.32 Å². The van der Waals surface area contributed by atoms with E-state index in [2.05, 4.69) is 5.32 Å². The summed E-state index contributed by atoms with van der Waals surface area (Å²) in [5, 5.41) is 2.67. The van der Waals surface area contributed by atoms with Crippen molar-refractivity contribution in [3.05, 3.63) is 42.5 Å². The Hall–Kier alpha value is -3.99. The molecule has 2 heterocycles. The first-order valence-electron chi connectivity index (χ1n) is 20.2. The summed E-state index contributed by atoms with van der Waals surface area (Å²) in [4.78, 5) is 40.4. The van der Waals surface area contributed by atoms with Gasteiger partial charge in [0.2, 0.25) is 5.91 Å². The highest BCUT2D eigenvalue weighted by Gasteiger charge is 2.35. The summed E-state index contributed by atoms with van der Waals surface area (Å²) in [5.74, 6) is 0.374. The van der Waals surface area contributed by atoms with E-state index in [9.17, 15) is 14.4 Å². The number of fused-ring (bicyclic) bond motifs is 2. The van der Waals surface area contributed by atoms with Crippen LogP contribution < -0.4 is 19.9 Å². The molecule has 0 radical (unpaired) electrons. The molecule has 0 spiro atoms. The number of carbonyl (C=O) groups is 3. The zero-order valence-electron chi connectivity index (χ0n) is 34.8. The maximum Gasteiger partial charge on any atom is 0.414 e. The van der Waals surface area contributed by atoms with Crippen LogP contribution in [0.5, 0.6) is 11.5 Å². The number of cyclic esters (lactones) is 1. The Morgan fingerprint density at radius 1 is 0.617 bits per heavy atom. The lowest BCUT2D eigenvalue weighted by molar-refractivity contribution is -0.123. The highest BCUT2D eigenvalue weighted by Crippen LogP contribution is 2.48. The maximum absolute atomic E-state index is 13.5. The molecular formula is C41H61N3O16. The van der Waals surface area contributed by atoms with Gasteiger partial charge in [-0.3, -0.25) is 19.4 Å². The number of methoxy groups -OCH3 is 1. The van der Waals surface area contributed by atoms with Crippen LogP contribution in [0.3, 0.4) is 0 Å². The zero-order valence-corrected chi connectivity index (χ0v) is 34.8. The average molecular weight is 852 g/mol. The van der Waals surface area contributed by atoms with Gasteiger partial charge in [-0.25, -0.2) is 4.79 Å². The van der Waals surface area contributed by atoms with E-state index in [0.29, 0.717) is 147 Å². The average Bonchev–Trinajstić information content (AvgIpc) is 3.63. The van der Waals surface area contributed by atoms with Gasteiger partial charge >= 0.3 is 6.09 Å². The molecule has 2 aromatic carbocycles. The lowest BCUT2D eigenvalue weighted by Crippen LogP contribution is -2.33. The highest BCUT2D eigenvalue weighted by atomic mass is 16.6. The highest BCUT2D eigenvalue weighted by molar-refractivity contribution is 6.05. The van der Waals surface area contributed by atoms with Crippen LogP contribution in [0.4, 0.5) is 21.9 Å². The Kier molecular flexibility index (Phi) is 24.4. The van der Waals surface area contributed by atoms with Gasteiger partial charge in [-0.2, -0.15) is 0 Å². The van der Waals surface area contributed by atoms with Crippen LogP contribution in [-0.4, -0.2) is 183 Å². The fraction of sp³-hybridized carbons (Fsp3) is 0.634. The Labute approximate surface area is 351 Å². The number of hydrogen-bond acceptors (Lipinski definition) is 16. The van der Waals surface area contributed by atoms with E-state index in [4.69, 9.17) is 61.6 Å². The van der Waals surface area contributed by atoms with Crippen LogP contribution in [0.1, 0.15) is 6.92 Å². The van der Waals surface area contributed by atoms with Gasteiger partial charge in [-0.1, -0.05) is 12.1 Å². The Morgan fingerprint density at radius 3 is 1.55 bits per heavy atom. The van der Waals surface area contributed by atoms with Crippen LogP contribution in [-0.2, 0) is 66.4 Å². The lowest BCUT2D eigenvalue weighted by atomic mass is 10.1. The number of nitrogens with one attached hydrogen (secondary N) is 1. The maximum atomic E-state index is 13.5. The van der Waals surface area contributed by atoms with Crippen LogP contribution in [0.15, 0.2) is 42.5 Å². The van der Waals surface area contributed by atoms with E-state index in [0.717, 1.165) is 0 Å². The minimum Gasteiger partial charge on any atom is -0.453 e. The lowest BCUT2D eigenvalue weighted by Gasteiger charge is -2.31. The van der Waals surface area contributed by atoms with E-state index in [1.807, 2.05) is 12.1 Å². The molecule has 2 aromatic rings. The van der Waals surface area contributed by atoms with Crippen LogP contribution >= 0.6 is 0 Å². The normalized spacial score (nSPS) is 14.5. The quantitative estimate of drug-likeness (QED) is 0.0996. The topological polar surface area (TPSA) is 190 Å². The first kappa shape index (κ1) is 48.7. The van der Waals surface area contributed by atoms with Gasteiger partial charge in [0, 0.05) is 20.1 Å². The van der Waals surface area contributed by atoms with Crippen molar-refractivity contribution in [1.29, 1.82) is 0 Å². The molecule has 3 amide bonds. The van der Waals surface area contributed by atoms with E-state index in [1.54, 1.807) is 42.3 Å². The SMILES string of the molecule is COCCOCCOCCOCCOCCOCCOCCOCCOCCOCCOCC(=O)N1c2ccccc2Oc2cc(N3C[C@H](CNC(C)=O)OC3=O)ccc21. The summed E-state index contributed by atoms with van der Waals surface area (Å²) in [6.45, 7) is 10.8. The van der Waals surface area contributed by atoms with E-state index < -0.39 is 12.2 Å². The predicted molar refractivity (Wildman–Crippen MR) is 216 cm³/mol. The number of ether oxygens (including phenoxy) is 13. The molecule has 2 aliphatic rings. The third-order valence-electron chi connectivity index (χ3n) is 8.53. The molecule has 0 aliphatic carbocycles. The van der Waals surface area contributed by atoms with Crippen molar-refractivity contribution in [3.8, 4) is 11.5 Å². The molecule has 0 saturated carbocycles. The minimum atomic E-state index is -0.533. The van der Waals surface area contributed by atoms with Crippen molar-refractivity contribution in [2.75, 3.05) is 169 Å². The minimum absolute atomic E-state index is 0.190. The Bertz CT molecular complexity index is 1520. The van der Waals surface area contributed by atoms with Gasteiger partial charge < -0.3 is 66.9 Å². The molecule has 60 heavy (non-hydrogen) atoms. The monoisotopic (exact) mass is 851 g/mol. The number of amides is 3. The molecule has 1 N–H and O–H groups in total. The molecule has 1 fully saturated rings. The number of rotatable bonds is 35. The number of hydrogen-bond donors (Lipinski definition) is 1. The molecule has 0 bridgehead atoms. The third-order valence-corrected chi connectivity index (χ3v) is 8.53.